The fourth-order valence-corrected chi connectivity index (χ4v) is 3.28. The van der Waals surface area contributed by atoms with Gasteiger partial charge in [-0.15, -0.1) is 35.3 Å². The highest BCUT2D eigenvalue weighted by Crippen LogP contribution is 2.16. The smallest absolute Gasteiger partial charge is 0.211 e. The Bertz CT molecular complexity index is 602. The number of aliphatic imine (C=N–C) groups is 1. The molecule has 10 heteroatoms. The summed E-state index contributed by atoms with van der Waals surface area (Å²) in [5.74, 6) is 0.806. The fourth-order valence-electron chi connectivity index (χ4n) is 1.75. The first kappa shape index (κ1) is 22.5. The van der Waals surface area contributed by atoms with E-state index in [2.05, 4.69) is 25.3 Å². The summed E-state index contributed by atoms with van der Waals surface area (Å²) in [6, 6.07) is 0. The quantitative estimate of drug-likeness (QED) is 0.229. The van der Waals surface area contributed by atoms with Gasteiger partial charge in [0.05, 0.1) is 23.0 Å². The molecular weight excluding hydrogens is 449 g/mol. The lowest BCUT2D eigenvalue weighted by Crippen LogP contribution is -2.38. The lowest BCUT2D eigenvalue weighted by atomic mass is 10.4. The van der Waals surface area contributed by atoms with Gasteiger partial charge in [-0.3, -0.25) is 4.99 Å². The molecule has 134 valence electrons. The second kappa shape index (κ2) is 11.2. The molecular formula is C13H26IN5O2S2. The minimum absolute atomic E-state index is 0. The van der Waals surface area contributed by atoms with Crippen molar-refractivity contribution in [3.05, 3.63) is 15.6 Å². The van der Waals surface area contributed by atoms with Gasteiger partial charge in [-0.1, -0.05) is 0 Å². The van der Waals surface area contributed by atoms with Gasteiger partial charge in [0.15, 0.2) is 5.96 Å². The number of hydrogen-bond donors (Lipinski definition) is 3. The van der Waals surface area contributed by atoms with Crippen molar-refractivity contribution in [2.45, 2.75) is 33.7 Å². The Kier molecular flexibility index (Phi) is 10.9. The van der Waals surface area contributed by atoms with Crippen molar-refractivity contribution in [2.24, 2.45) is 4.99 Å². The third-order valence-electron chi connectivity index (χ3n) is 2.99. The maximum Gasteiger partial charge on any atom is 0.211 e. The molecule has 0 spiro atoms. The number of aromatic nitrogens is 1. The van der Waals surface area contributed by atoms with Crippen LogP contribution in [0.3, 0.4) is 0 Å². The zero-order valence-electron chi connectivity index (χ0n) is 14.0. The SMILES string of the molecule is CCS(=O)(=O)NCCCNC(=NC)NCc1sc(C)nc1C.I. The van der Waals surface area contributed by atoms with Crippen LogP contribution >= 0.6 is 35.3 Å². The van der Waals surface area contributed by atoms with Crippen LogP contribution in [-0.4, -0.2) is 45.3 Å². The normalized spacial score (nSPS) is 11.9. The lowest BCUT2D eigenvalue weighted by Gasteiger charge is -2.11. The molecule has 0 aliphatic heterocycles. The fraction of sp³-hybridized carbons (Fsp3) is 0.692. The van der Waals surface area contributed by atoms with E-state index >= 15 is 0 Å². The van der Waals surface area contributed by atoms with Crippen LogP contribution in [0.25, 0.3) is 0 Å². The molecule has 1 heterocycles. The maximum absolute atomic E-state index is 11.3. The van der Waals surface area contributed by atoms with Crippen LogP contribution < -0.4 is 15.4 Å². The molecule has 0 fully saturated rings. The Balaban J connectivity index is 0.00000484. The molecule has 0 bridgehead atoms. The highest BCUT2D eigenvalue weighted by atomic mass is 127. The number of nitrogens with zero attached hydrogens (tertiary/aromatic N) is 2. The van der Waals surface area contributed by atoms with Crippen molar-refractivity contribution in [1.29, 1.82) is 0 Å². The first-order valence-electron chi connectivity index (χ1n) is 7.22. The Morgan fingerprint density at radius 2 is 1.96 bits per heavy atom. The summed E-state index contributed by atoms with van der Waals surface area (Å²) in [5, 5.41) is 7.44. The number of aryl methyl sites for hydroxylation is 2. The first-order valence-corrected chi connectivity index (χ1v) is 9.69. The van der Waals surface area contributed by atoms with Crippen LogP contribution in [-0.2, 0) is 16.6 Å². The summed E-state index contributed by atoms with van der Waals surface area (Å²) >= 11 is 1.67. The van der Waals surface area contributed by atoms with Gasteiger partial charge in [0.25, 0.3) is 0 Å². The van der Waals surface area contributed by atoms with E-state index in [1.165, 1.54) is 4.88 Å². The van der Waals surface area contributed by atoms with Crippen molar-refractivity contribution in [3.63, 3.8) is 0 Å². The van der Waals surface area contributed by atoms with Gasteiger partial charge in [-0.05, 0) is 27.2 Å². The van der Waals surface area contributed by atoms with Gasteiger partial charge >= 0.3 is 0 Å². The summed E-state index contributed by atoms with van der Waals surface area (Å²) in [7, 11) is -1.40. The van der Waals surface area contributed by atoms with Crippen molar-refractivity contribution in [2.75, 3.05) is 25.9 Å². The van der Waals surface area contributed by atoms with Gasteiger partial charge < -0.3 is 10.6 Å². The lowest BCUT2D eigenvalue weighted by molar-refractivity contribution is 0.579. The molecule has 0 saturated carbocycles. The molecule has 0 unspecified atom stereocenters. The molecule has 7 nitrogen and oxygen atoms in total. The largest absolute Gasteiger partial charge is 0.356 e. The third-order valence-corrected chi connectivity index (χ3v) is 5.46. The molecule has 0 amide bonds. The number of thiazole rings is 1. The second-order valence-electron chi connectivity index (χ2n) is 4.75. The van der Waals surface area contributed by atoms with Crippen molar-refractivity contribution < 1.29 is 8.42 Å². The van der Waals surface area contributed by atoms with Crippen LogP contribution in [0.15, 0.2) is 4.99 Å². The van der Waals surface area contributed by atoms with Gasteiger partial charge in [0.2, 0.25) is 10.0 Å². The zero-order valence-corrected chi connectivity index (χ0v) is 17.9. The van der Waals surface area contributed by atoms with Gasteiger partial charge in [-0.2, -0.15) is 0 Å². The molecule has 1 aromatic rings. The Morgan fingerprint density at radius 1 is 1.26 bits per heavy atom. The average Bonchev–Trinajstić information content (AvgIpc) is 2.80. The minimum Gasteiger partial charge on any atom is -0.356 e. The monoisotopic (exact) mass is 475 g/mol. The first-order chi connectivity index (χ1) is 10.4. The number of guanidine groups is 1. The summed E-state index contributed by atoms with van der Waals surface area (Å²) < 4.78 is 25.1. The molecule has 0 aliphatic carbocycles. The molecule has 0 radical (unpaired) electrons. The summed E-state index contributed by atoms with van der Waals surface area (Å²) in [4.78, 5) is 9.72. The number of halogens is 1. The van der Waals surface area contributed by atoms with E-state index in [1.54, 1.807) is 25.3 Å². The Morgan fingerprint density at radius 3 is 2.48 bits per heavy atom. The van der Waals surface area contributed by atoms with E-state index in [0.717, 1.165) is 10.7 Å². The van der Waals surface area contributed by atoms with Crippen molar-refractivity contribution >= 4 is 51.3 Å². The summed E-state index contributed by atoms with van der Waals surface area (Å²) in [5.41, 5.74) is 1.04. The molecule has 23 heavy (non-hydrogen) atoms. The zero-order chi connectivity index (χ0) is 16.6. The number of rotatable bonds is 8. The van der Waals surface area contributed by atoms with Crippen molar-refractivity contribution in [3.8, 4) is 0 Å². The molecule has 0 atom stereocenters. The van der Waals surface area contributed by atoms with Crippen LogP contribution in [0.1, 0.15) is 28.9 Å². The molecule has 1 rings (SSSR count). The number of nitrogens with one attached hydrogen (secondary N) is 3. The van der Waals surface area contributed by atoms with Crippen LogP contribution in [0, 0.1) is 13.8 Å². The van der Waals surface area contributed by atoms with Crippen molar-refractivity contribution in [1.82, 2.24) is 20.3 Å². The standard InChI is InChI=1S/C13H25N5O2S2.HI/c1-5-22(19,20)17-8-6-7-15-13(14-4)16-9-12-10(2)18-11(3)21-12;/h17H,5-9H2,1-4H3,(H2,14,15,16);1H. The van der Waals surface area contributed by atoms with E-state index in [0.29, 0.717) is 32.0 Å². The van der Waals surface area contributed by atoms with Gasteiger partial charge in [-0.25, -0.2) is 18.1 Å². The summed E-state index contributed by atoms with van der Waals surface area (Å²) in [6.07, 6.45) is 0.693. The van der Waals surface area contributed by atoms with Crippen LogP contribution in [0.5, 0.6) is 0 Å². The van der Waals surface area contributed by atoms with Crippen LogP contribution in [0.4, 0.5) is 0 Å². The third kappa shape index (κ3) is 8.82. The molecule has 0 saturated heterocycles. The summed E-state index contributed by atoms with van der Waals surface area (Å²) in [6.45, 7) is 7.36. The van der Waals surface area contributed by atoms with Gasteiger partial charge in [0, 0.05) is 25.0 Å². The van der Waals surface area contributed by atoms with E-state index in [-0.39, 0.29) is 29.7 Å². The number of hydrogen-bond acceptors (Lipinski definition) is 5. The highest BCUT2D eigenvalue weighted by molar-refractivity contribution is 14.0. The second-order valence-corrected chi connectivity index (χ2v) is 8.13. The van der Waals surface area contributed by atoms with E-state index in [1.807, 2.05) is 13.8 Å². The minimum atomic E-state index is -3.10. The Labute approximate surface area is 159 Å². The van der Waals surface area contributed by atoms with E-state index < -0.39 is 10.0 Å². The molecule has 3 N–H and O–H groups in total. The maximum atomic E-state index is 11.3. The molecule has 0 aliphatic rings. The average molecular weight is 475 g/mol. The highest BCUT2D eigenvalue weighted by Gasteiger charge is 2.06. The Hall–Kier alpha value is -0.460. The predicted molar refractivity (Wildman–Crippen MR) is 107 cm³/mol. The van der Waals surface area contributed by atoms with Gasteiger partial charge in [0.1, 0.15) is 0 Å². The molecule has 0 aromatic carbocycles. The number of sulfonamides is 1. The van der Waals surface area contributed by atoms with E-state index in [4.69, 9.17) is 0 Å². The topological polar surface area (TPSA) is 95.5 Å². The van der Waals surface area contributed by atoms with Crippen LogP contribution in [0.2, 0.25) is 0 Å². The van der Waals surface area contributed by atoms with E-state index in [9.17, 15) is 8.42 Å². The predicted octanol–water partition coefficient (Wildman–Crippen LogP) is 1.37. The molecule has 1 aromatic heterocycles.